The highest BCUT2D eigenvalue weighted by Crippen LogP contribution is 2.25. The Morgan fingerprint density at radius 1 is 1.48 bits per heavy atom. The van der Waals surface area contributed by atoms with Gasteiger partial charge in [-0.1, -0.05) is 18.2 Å². The molecule has 3 rings (SSSR count). The topological polar surface area (TPSA) is 64.8 Å². The molecule has 0 bridgehead atoms. The van der Waals surface area contributed by atoms with E-state index >= 15 is 0 Å². The van der Waals surface area contributed by atoms with Gasteiger partial charge in [-0.05, 0) is 13.0 Å². The minimum absolute atomic E-state index is 0.0646. The van der Waals surface area contributed by atoms with Gasteiger partial charge in [0.2, 0.25) is 0 Å². The number of morpholine rings is 1. The van der Waals surface area contributed by atoms with E-state index in [9.17, 15) is 9.18 Å². The molecule has 0 saturated carbocycles. The standard InChI is InChI=1S/C16H17FN2O4/c1-2-21-16-18-13(10-23-16)15(20)19-7-8-22-14(9-19)11-5-3-4-6-12(11)17/h3-6,10,14H,2,7-9H2,1H3. The average Bonchev–Trinajstić information content (AvgIpc) is 3.04. The van der Waals surface area contributed by atoms with Gasteiger partial charge in [0.05, 0.1) is 19.8 Å². The molecule has 2 aromatic rings. The SMILES string of the molecule is CCOc1nc(C(=O)N2CCOC(c3ccccc3F)C2)co1. The van der Waals surface area contributed by atoms with Crippen LogP contribution in [0.5, 0.6) is 6.08 Å². The number of hydrogen-bond acceptors (Lipinski definition) is 5. The smallest absolute Gasteiger partial charge is 0.394 e. The second-order valence-corrected chi connectivity index (χ2v) is 5.06. The molecule has 0 N–H and O–H groups in total. The molecular formula is C16H17FN2O4. The lowest BCUT2D eigenvalue weighted by atomic mass is 10.1. The van der Waals surface area contributed by atoms with Crippen molar-refractivity contribution in [3.05, 3.63) is 47.6 Å². The fourth-order valence-corrected chi connectivity index (χ4v) is 2.47. The summed E-state index contributed by atoms with van der Waals surface area (Å²) >= 11 is 0. The summed E-state index contributed by atoms with van der Waals surface area (Å²) in [7, 11) is 0. The lowest BCUT2D eigenvalue weighted by Crippen LogP contribution is -2.42. The first-order valence-corrected chi connectivity index (χ1v) is 7.42. The van der Waals surface area contributed by atoms with Gasteiger partial charge in [-0.3, -0.25) is 4.79 Å². The van der Waals surface area contributed by atoms with Gasteiger partial charge in [-0.2, -0.15) is 4.98 Å². The number of nitrogens with zero attached hydrogens (tertiary/aromatic N) is 2. The second kappa shape index (κ2) is 6.78. The van der Waals surface area contributed by atoms with E-state index in [0.717, 1.165) is 0 Å². The molecule has 1 unspecified atom stereocenters. The molecule has 1 saturated heterocycles. The van der Waals surface area contributed by atoms with Crippen LogP contribution in [0.4, 0.5) is 4.39 Å². The first-order valence-electron chi connectivity index (χ1n) is 7.42. The number of amides is 1. The molecule has 7 heteroatoms. The van der Waals surface area contributed by atoms with E-state index in [4.69, 9.17) is 13.9 Å². The van der Waals surface area contributed by atoms with Gasteiger partial charge in [0.15, 0.2) is 5.69 Å². The fraction of sp³-hybridized carbons (Fsp3) is 0.375. The van der Waals surface area contributed by atoms with E-state index in [0.29, 0.717) is 25.3 Å². The van der Waals surface area contributed by atoms with Gasteiger partial charge in [0, 0.05) is 12.1 Å². The Labute approximate surface area is 132 Å². The number of oxazole rings is 1. The Morgan fingerprint density at radius 2 is 2.30 bits per heavy atom. The first-order chi connectivity index (χ1) is 11.2. The van der Waals surface area contributed by atoms with Crippen molar-refractivity contribution in [2.45, 2.75) is 13.0 Å². The summed E-state index contributed by atoms with van der Waals surface area (Å²) in [6, 6.07) is 6.41. The van der Waals surface area contributed by atoms with Crippen LogP contribution in [0.25, 0.3) is 0 Å². The van der Waals surface area contributed by atoms with Crippen LogP contribution in [-0.2, 0) is 4.74 Å². The Morgan fingerprint density at radius 3 is 3.09 bits per heavy atom. The molecule has 1 aromatic heterocycles. The van der Waals surface area contributed by atoms with Crippen molar-refractivity contribution in [2.75, 3.05) is 26.3 Å². The molecule has 2 heterocycles. The van der Waals surface area contributed by atoms with Crippen molar-refractivity contribution < 1.29 is 23.1 Å². The van der Waals surface area contributed by atoms with Crippen molar-refractivity contribution >= 4 is 5.91 Å². The van der Waals surface area contributed by atoms with Gasteiger partial charge < -0.3 is 18.8 Å². The minimum atomic E-state index is -0.493. The lowest BCUT2D eigenvalue weighted by Gasteiger charge is -2.32. The Bertz CT molecular complexity index is 688. The van der Waals surface area contributed by atoms with E-state index < -0.39 is 6.10 Å². The molecule has 1 atom stereocenters. The average molecular weight is 320 g/mol. The van der Waals surface area contributed by atoms with Crippen molar-refractivity contribution in [1.29, 1.82) is 0 Å². The number of hydrogen-bond donors (Lipinski definition) is 0. The van der Waals surface area contributed by atoms with Gasteiger partial charge in [-0.15, -0.1) is 0 Å². The van der Waals surface area contributed by atoms with Gasteiger partial charge >= 0.3 is 6.08 Å². The molecule has 1 amide bonds. The third kappa shape index (κ3) is 3.34. The zero-order valence-electron chi connectivity index (χ0n) is 12.7. The number of halogens is 1. The van der Waals surface area contributed by atoms with Crippen LogP contribution in [0.1, 0.15) is 29.1 Å². The summed E-state index contributed by atoms with van der Waals surface area (Å²) in [6.07, 6.45) is 0.836. The lowest BCUT2D eigenvalue weighted by molar-refractivity contribution is -0.0245. The summed E-state index contributed by atoms with van der Waals surface area (Å²) in [5.74, 6) is -0.629. The zero-order chi connectivity index (χ0) is 16.2. The minimum Gasteiger partial charge on any atom is -0.450 e. The van der Waals surface area contributed by atoms with E-state index in [2.05, 4.69) is 4.98 Å². The first kappa shape index (κ1) is 15.5. The van der Waals surface area contributed by atoms with E-state index in [1.807, 2.05) is 0 Å². The number of benzene rings is 1. The van der Waals surface area contributed by atoms with E-state index in [-0.39, 0.29) is 30.0 Å². The molecule has 6 nitrogen and oxygen atoms in total. The van der Waals surface area contributed by atoms with Crippen molar-refractivity contribution in [1.82, 2.24) is 9.88 Å². The van der Waals surface area contributed by atoms with E-state index in [1.165, 1.54) is 12.3 Å². The van der Waals surface area contributed by atoms with Crippen molar-refractivity contribution in [3.8, 4) is 6.08 Å². The Hall–Kier alpha value is -2.41. The van der Waals surface area contributed by atoms with Gasteiger partial charge in [-0.25, -0.2) is 4.39 Å². The number of ether oxygens (including phenoxy) is 2. The highest BCUT2D eigenvalue weighted by atomic mass is 19.1. The molecule has 1 aromatic carbocycles. The summed E-state index contributed by atoms with van der Waals surface area (Å²) in [6.45, 7) is 3.21. The largest absolute Gasteiger partial charge is 0.450 e. The maximum atomic E-state index is 13.9. The highest BCUT2D eigenvalue weighted by Gasteiger charge is 2.29. The molecular weight excluding hydrogens is 303 g/mol. The quantitative estimate of drug-likeness (QED) is 0.865. The molecule has 1 fully saturated rings. The predicted octanol–water partition coefficient (Wildman–Crippen LogP) is 2.43. The summed E-state index contributed by atoms with van der Waals surface area (Å²) < 4.78 is 29.7. The van der Waals surface area contributed by atoms with Gasteiger partial charge in [0.25, 0.3) is 5.91 Å². The molecule has 122 valence electrons. The van der Waals surface area contributed by atoms with Crippen molar-refractivity contribution in [2.24, 2.45) is 0 Å². The van der Waals surface area contributed by atoms with Crippen LogP contribution >= 0.6 is 0 Å². The molecule has 0 spiro atoms. The molecule has 0 radical (unpaired) electrons. The third-order valence-electron chi connectivity index (χ3n) is 3.58. The maximum Gasteiger partial charge on any atom is 0.394 e. The fourth-order valence-electron chi connectivity index (χ4n) is 2.47. The molecule has 1 aliphatic rings. The van der Waals surface area contributed by atoms with Crippen LogP contribution < -0.4 is 4.74 Å². The Kier molecular flexibility index (Phi) is 4.57. The van der Waals surface area contributed by atoms with Gasteiger partial charge in [0.1, 0.15) is 18.2 Å². The molecule has 1 aliphatic heterocycles. The Balaban J connectivity index is 1.72. The van der Waals surface area contributed by atoms with Crippen molar-refractivity contribution in [3.63, 3.8) is 0 Å². The summed E-state index contributed by atoms with van der Waals surface area (Å²) in [5.41, 5.74) is 0.614. The van der Waals surface area contributed by atoms with E-state index in [1.54, 1.807) is 30.0 Å². The van der Waals surface area contributed by atoms with Crippen LogP contribution in [-0.4, -0.2) is 42.1 Å². The monoisotopic (exact) mass is 320 g/mol. The number of carbonyl (C=O) groups is 1. The normalized spacial score (nSPS) is 18.0. The second-order valence-electron chi connectivity index (χ2n) is 5.06. The summed E-state index contributed by atoms with van der Waals surface area (Å²) in [4.78, 5) is 18.1. The third-order valence-corrected chi connectivity index (χ3v) is 3.58. The summed E-state index contributed by atoms with van der Waals surface area (Å²) in [5, 5.41) is 0. The number of aromatic nitrogens is 1. The molecule has 23 heavy (non-hydrogen) atoms. The number of rotatable bonds is 4. The predicted molar refractivity (Wildman–Crippen MR) is 78.7 cm³/mol. The van der Waals surface area contributed by atoms with Crippen LogP contribution in [0.2, 0.25) is 0 Å². The maximum absolute atomic E-state index is 13.9. The van der Waals surface area contributed by atoms with Crippen LogP contribution in [0.15, 0.2) is 34.9 Å². The number of carbonyl (C=O) groups excluding carboxylic acids is 1. The van der Waals surface area contributed by atoms with Crippen LogP contribution in [0.3, 0.4) is 0 Å². The molecule has 0 aliphatic carbocycles. The highest BCUT2D eigenvalue weighted by molar-refractivity contribution is 5.92. The van der Waals surface area contributed by atoms with Crippen LogP contribution in [0, 0.1) is 5.82 Å². The zero-order valence-corrected chi connectivity index (χ0v) is 12.7.